The van der Waals surface area contributed by atoms with Crippen LogP contribution in [0.1, 0.15) is 37.7 Å². The van der Waals surface area contributed by atoms with Crippen molar-refractivity contribution >= 4 is 5.91 Å². The van der Waals surface area contributed by atoms with E-state index in [2.05, 4.69) is 10.4 Å². The maximum absolute atomic E-state index is 11.8. The summed E-state index contributed by atoms with van der Waals surface area (Å²) in [5.41, 5.74) is -1.07. The molecule has 1 rings (SSSR count). The number of nitrogens with one attached hydrogen (secondary N) is 1. The minimum atomic E-state index is -0.954. The van der Waals surface area contributed by atoms with Crippen LogP contribution < -0.4 is 10.9 Å². The Morgan fingerprint density at radius 3 is 2.68 bits per heavy atom. The molecule has 19 heavy (non-hydrogen) atoms. The molecule has 1 unspecified atom stereocenters. The quantitative estimate of drug-likeness (QED) is 0.804. The van der Waals surface area contributed by atoms with E-state index in [0.717, 1.165) is 4.68 Å². The fraction of sp³-hybridized carbons (Fsp3) is 0.615. The van der Waals surface area contributed by atoms with E-state index in [0.29, 0.717) is 12.3 Å². The van der Waals surface area contributed by atoms with Crippen molar-refractivity contribution in [2.24, 2.45) is 13.0 Å². The first-order valence-electron chi connectivity index (χ1n) is 6.26. The first kappa shape index (κ1) is 15.4. The second-order valence-electron chi connectivity index (χ2n) is 5.46. The molecule has 0 aliphatic heterocycles. The molecule has 6 heteroatoms. The summed E-state index contributed by atoms with van der Waals surface area (Å²) in [6.07, 6.45) is 0.591. The Morgan fingerprint density at radius 1 is 1.53 bits per heavy atom. The molecule has 0 radical (unpaired) electrons. The monoisotopic (exact) mass is 267 g/mol. The van der Waals surface area contributed by atoms with E-state index >= 15 is 0 Å². The van der Waals surface area contributed by atoms with Crippen LogP contribution in [0, 0.1) is 5.92 Å². The highest BCUT2D eigenvalue weighted by atomic mass is 16.3. The summed E-state index contributed by atoms with van der Waals surface area (Å²) in [4.78, 5) is 23.0. The number of hydrogen-bond donors (Lipinski definition) is 2. The molecule has 6 nitrogen and oxygen atoms in total. The predicted octanol–water partition coefficient (Wildman–Crippen LogP) is 0.307. The maximum Gasteiger partial charge on any atom is 0.271 e. The number of amides is 1. The van der Waals surface area contributed by atoms with Crippen LogP contribution in [0.15, 0.2) is 16.9 Å². The van der Waals surface area contributed by atoms with E-state index in [4.69, 9.17) is 0 Å². The van der Waals surface area contributed by atoms with E-state index in [1.807, 2.05) is 13.8 Å². The van der Waals surface area contributed by atoms with Crippen LogP contribution in [-0.4, -0.2) is 32.9 Å². The lowest BCUT2D eigenvalue weighted by atomic mass is 9.94. The second kappa shape index (κ2) is 5.97. The number of hydrogen-bond acceptors (Lipinski definition) is 4. The Kier molecular flexibility index (Phi) is 4.83. The molecule has 0 aliphatic rings. The van der Waals surface area contributed by atoms with Crippen molar-refractivity contribution < 1.29 is 9.90 Å². The summed E-state index contributed by atoms with van der Waals surface area (Å²) in [5.74, 6) is -0.0674. The molecule has 0 saturated heterocycles. The van der Waals surface area contributed by atoms with Crippen molar-refractivity contribution in [3.63, 3.8) is 0 Å². The number of nitrogens with zero attached hydrogens (tertiary/aromatic N) is 2. The van der Waals surface area contributed by atoms with Crippen LogP contribution in [0.25, 0.3) is 0 Å². The van der Waals surface area contributed by atoms with Crippen LogP contribution >= 0.6 is 0 Å². The van der Waals surface area contributed by atoms with Crippen LogP contribution in [0.5, 0.6) is 0 Å². The molecule has 1 amide bonds. The zero-order valence-corrected chi connectivity index (χ0v) is 11.8. The zero-order valence-electron chi connectivity index (χ0n) is 11.8. The maximum atomic E-state index is 11.8. The van der Waals surface area contributed by atoms with E-state index < -0.39 is 11.5 Å². The van der Waals surface area contributed by atoms with Crippen LogP contribution in [0.4, 0.5) is 0 Å². The van der Waals surface area contributed by atoms with Gasteiger partial charge in [-0.3, -0.25) is 9.59 Å². The van der Waals surface area contributed by atoms with Crippen LogP contribution in [-0.2, 0) is 7.05 Å². The highest BCUT2D eigenvalue weighted by molar-refractivity contribution is 5.92. The number of aliphatic hydroxyl groups is 1. The summed E-state index contributed by atoms with van der Waals surface area (Å²) < 4.78 is 1.10. The van der Waals surface area contributed by atoms with Gasteiger partial charge in [-0.2, -0.15) is 5.10 Å². The Balaban J connectivity index is 2.65. The van der Waals surface area contributed by atoms with Gasteiger partial charge in [-0.1, -0.05) is 13.8 Å². The molecular weight excluding hydrogens is 246 g/mol. The Labute approximate surface area is 112 Å². The molecule has 0 spiro atoms. The third-order valence-corrected chi connectivity index (χ3v) is 2.67. The average molecular weight is 267 g/mol. The smallest absolute Gasteiger partial charge is 0.271 e. The third kappa shape index (κ3) is 4.82. The van der Waals surface area contributed by atoms with Crippen LogP contribution in [0.3, 0.4) is 0 Å². The Morgan fingerprint density at radius 2 is 2.16 bits per heavy atom. The van der Waals surface area contributed by atoms with E-state index in [9.17, 15) is 14.7 Å². The molecule has 0 bridgehead atoms. The van der Waals surface area contributed by atoms with Crippen molar-refractivity contribution in [2.45, 2.75) is 32.8 Å². The lowest BCUT2D eigenvalue weighted by Gasteiger charge is -2.25. The molecule has 1 aromatic heterocycles. The fourth-order valence-corrected chi connectivity index (χ4v) is 1.94. The molecule has 1 aromatic rings. The number of rotatable bonds is 5. The summed E-state index contributed by atoms with van der Waals surface area (Å²) >= 11 is 0. The summed E-state index contributed by atoms with van der Waals surface area (Å²) in [6.45, 7) is 5.84. The van der Waals surface area contributed by atoms with Gasteiger partial charge in [0.25, 0.3) is 11.5 Å². The molecule has 2 N–H and O–H groups in total. The van der Waals surface area contributed by atoms with Gasteiger partial charge >= 0.3 is 0 Å². The predicted molar refractivity (Wildman–Crippen MR) is 71.9 cm³/mol. The van der Waals surface area contributed by atoms with Crippen molar-refractivity contribution in [3.05, 3.63) is 28.2 Å². The van der Waals surface area contributed by atoms with Gasteiger partial charge in [-0.05, 0) is 25.3 Å². The van der Waals surface area contributed by atoms with Gasteiger partial charge in [0.15, 0.2) is 0 Å². The second-order valence-corrected chi connectivity index (χ2v) is 5.46. The minimum absolute atomic E-state index is 0.147. The van der Waals surface area contributed by atoms with Gasteiger partial charge in [0, 0.05) is 19.7 Å². The molecule has 0 aliphatic carbocycles. The van der Waals surface area contributed by atoms with E-state index in [-0.39, 0.29) is 17.8 Å². The van der Waals surface area contributed by atoms with Crippen molar-refractivity contribution in [2.75, 3.05) is 6.54 Å². The highest BCUT2D eigenvalue weighted by Gasteiger charge is 2.23. The van der Waals surface area contributed by atoms with Gasteiger partial charge in [-0.15, -0.1) is 0 Å². The lowest BCUT2D eigenvalue weighted by molar-refractivity contribution is 0.0367. The van der Waals surface area contributed by atoms with Gasteiger partial charge < -0.3 is 10.4 Å². The third-order valence-electron chi connectivity index (χ3n) is 2.67. The molecular formula is C13H21N3O3. The first-order chi connectivity index (χ1) is 8.71. The molecule has 0 fully saturated rings. The van der Waals surface area contributed by atoms with Gasteiger partial charge in [-0.25, -0.2) is 4.68 Å². The molecule has 106 valence electrons. The molecule has 1 atom stereocenters. The van der Waals surface area contributed by atoms with Crippen molar-refractivity contribution in [1.29, 1.82) is 0 Å². The number of aromatic nitrogens is 2. The Bertz CT molecular complexity index is 506. The SMILES string of the molecule is CC(C)CC(C)(O)CNC(=O)c1ccc(=O)n(C)n1. The van der Waals surface area contributed by atoms with E-state index in [1.165, 1.54) is 19.2 Å². The zero-order chi connectivity index (χ0) is 14.6. The van der Waals surface area contributed by atoms with Crippen LogP contribution in [0.2, 0.25) is 0 Å². The summed E-state index contributed by atoms with van der Waals surface area (Å²) in [6, 6.07) is 2.66. The average Bonchev–Trinajstić information content (AvgIpc) is 2.28. The number of aryl methyl sites for hydroxylation is 1. The highest BCUT2D eigenvalue weighted by Crippen LogP contribution is 2.15. The normalized spacial score (nSPS) is 14.2. The number of carbonyl (C=O) groups excluding carboxylic acids is 1. The summed E-state index contributed by atoms with van der Waals surface area (Å²) in [7, 11) is 1.48. The number of carbonyl (C=O) groups is 1. The van der Waals surface area contributed by atoms with E-state index in [1.54, 1.807) is 6.92 Å². The lowest BCUT2D eigenvalue weighted by Crippen LogP contribution is -2.42. The van der Waals surface area contributed by atoms with Gasteiger partial charge in [0.2, 0.25) is 0 Å². The first-order valence-corrected chi connectivity index (χ1v) is 6.26. The largest absolute Gasteiger partial charge is 0.388 e. The Hall–Kier alpha value is -1.69. The topological polar surface area (TPSA) is 84.2 Å². The van der Waals surface area contributed by atoms with Gasteiger partial charge in [0.05, 0.1) is 5.60 Å². The molecule has 1 heterocycles. The minimum Gasteiger partial charge on any atom is -0.388 e. The fourth-order valence-electron chi connectivity index (χ4n) is 1.94. The molecule has 0 saturated carbocycles. The van der Waals surface area contributed by atoms with Gasteiger partial charge in [0.1, 0.15) is 5.69 Å². The molecule has 0 aromatic carbocycles. The standard InChI is InChI=1S/C13H21N3O3/c1-9(2)7-13(3,19)8-14-12(18)10-5-6-11(17)16(4)15-10/h5-6,9,19H,7-8H2,1-4H3,(H,14,18). The van der Waals surface area contributed by atoms with Crippen molar-refractivity contribution in [1.82, 2.24) is 15.1 Å². The summed E-state index contributed by atoms with van der Waals surface area (Å²) in [5, 5.41) is 16.6. The van der Waals surface area contributed by atoms with Crippen molar-refractivity contribution in [3.8, 4) is 0 Å².